The summed E-state index contributed by atoms with van der Waals surface area (Å²) in [5.74, 6) is 0.730. The highest BCUT2D eigenvalue weighted by atomic mass is 16.1. The smallest absolute Gasteiger partial charge is 0.251 e. The molecule has 0 saturated heterocycles. The minimum atomic E-state index is -0.0155. The Hall–Kier alpha value is -2.82. The number of nitrogens with zero attached hydrogens (tertiary/aromatic N) is 1. The summed E-state index contributed by atoms with van der Waals surface area (Å²) >= 11 is 0. The third-order valence-corrected chi connectivity index (χ3v) is 4.02. The number of aliphatic imine (C=N–C) groups is 1. The average Bonchev–Trinajstić information content (AvgIpc) is 2.69. The van der Waals surface area contributed by atoms with Crippen molar-refractivity contribution in [3.8, 4) is 0 Å². The van der Waals surface area contributed by atoms with Crippen LogP contribution in [0.3, 0.4) is 0 Å². The number of amides is 1. The summed E-state index contributed by atoms with van der Waals surface area (Å²) < 4.78 is 0. The standard InChI is InChI=1S/C21H28N4O/c1-3-4-14-23-20(26)19-12-10-18(11-13-19)16-25-21(22-2)24-15-17-8-6-5-7-9-17/h5-13H,3-4,14-16H2,1-2H3,(H,23,26)(H2,22,24,25). The van der Waals surface area contributed by atoms with Gasteiger partial charge in [-0.25, -0.2) is 0 Å². The zero-order valence-corrected chi connectivity index (χ0v) is 15.6. The maximum absolute atomic E-state index is 12.0. The molecule has 2 aromatic rings. The van der Waals surface area contributed by atoms with Gasteiger partial charge in [-0.15, -0.1) is 0 Å². The third-order valence-electron chi connectivity index (χ3n) is 4.02. The number of carbonyl (C=O) groups is 1. The Morgan fingerprint density at radius 2 is 1.50 bits per heavy atom. The molecule has 0 atom stereocenters. The second kappa shape index (κ2) is 10.9. The average molecular weight is 352 g/mol. The topological polar surface area (TPSA) is 65.5 Å². The summed E-state index contributed by atoms with van der Waals surface area (Å²) in [5, 5.41) is 9.50. The fourth-order valence-corrected chi connectivity index (χ4v) is 2.44. The van der Waals surface area contributed by atoms with Crippen LogP contribution in [0.2, 0.25) is 0 Å². The van der Waals surface area contributed by atoms with Gasteiger partial charge in [-0.3, -0.25) is 9.79 Å². The molecule has 0 unspecified atom stereocenters. The first-order valence-corrected chi connectivity index (χ1v) is 9.08. The predicted octanol–water partition coefficient (Wildman–Crippen LogP) is 3.08. The van der Waals surface area contributed by atoms with Crippen molar-refractivity contribution in [1.29, 1.82) is 0 Å². The number of hydrogen-bond acceptors (Lipinski definition) is 2. The SMILES string of the molecule is CCCCNC(=O)c1ccc(CNC(=NC)NCc2ccccc2)cc1. The van der Waals surface area contributed by atoms with Gasteiger partial charge >= 0.3 is 0 Å². The van der Waals surface area contributed by atoms with E-state index in [2.05, 4.69) is 40.0 Å². The van der Waals surface area contributed by atoms with Gasteiger partial charge in [0.05, 0.1) is 0 Å². The van der Waals surface area contributed by atoms with Gasteiger partial charge in [0, 0.05) is 32.2 Å². The number of guanidine groups is 1. The lowest BCUT2D eigenvalue weighted by molar-refractivity contribution is 0.0953. The minimum absolute atomic E-state index is 0.0155. The van der Waals surface area contributed by atoms with Crippen molar-refractivity contribution in [2.24, 2.45) is 4.99 Å². The Bertz CT molecular complexity index is 696. The molecule has 0 heterocycles. The van der Waals surface area contributed by atoms with Crippen LogP contribution in [0.15, 0.2) is 59.6 Å². The summed E-state index contributed by atoms with van der Waals surface area (Å²) in [5.41, 5.74) is 2.99. The summed E-state index contributed by atoms with van der Waals surface area (Å²) in [6, 6.07) is 17.8. The van der Waals surface area contributed by atoms with Gasteiger partial charge in [-0.05, 0) is 29.7 Å². The van der Waals surface area contributed by atoms with Crippen LogP contribution >= 0.6 is 0 Å². The first-order valence-electron chi connectivity index (χ1n) is 9.08. The molecule has 1 amide bonds. The van der Waals surface area contributed by atoms with E-state index in [0.29, 0.717) is 12.1 Å². The largest absolute Gasteiger partial charge is 0.352 e. The van der Waals surface area contributed by atoms with Crippen molar-refractivity contribution < 1.29 is 4.79 Å². The monoisotopic (exact) mass is 352 g/mol. The van der Waals surface area contributed by atoms with Gasteiger partial charge in [-0.1, -0.05) is 55.8 Å². The van der Waals surface area contributed by atoms with E-state index in [1.54, 1.807) is 7.05 Å². The van der Waals surface area contributed by atoms with Gasteiger partial charge in [0.25, 0.3) is 5.91 Å². The van der Waals surface area contributed by atoms with Crippen LogP contribution in [0.1, 0.15) is 41.3 Å². The third kappa shape index (κ3) is 6.59. The molecule has 0 fully saturated rings. The molecule has 138 valence electrons. The number of nitrogens with one attached hydrogen (secondary N) is 3. The lowest BCUT2D eigenvalue weighted by Gasteiger charge is -2.12. The summed E-state index contributed by atoms with van der Waals surface area (Å²) in [6.07, 6.45) is 2.08. The molecule has 3 N–H and O–H groups in total. The number of rotatable bonds is 8. The first kappa shape index (κ1) is 19.5. The molecule has 26 heavy (non-hydrogen) atoms. The van der Waals surface area contributed by atoms with Gasteiger partial charge in [0.1, 0.15) is 0 Å². The van der Waals surface area contributed by atoms with E-state index < -0.39 is 0 Å². The van der Waals surface area contributed by atoms with E-state index in [-0.39, 0.29) is 5.91 Å². The van der Waals surface area contributed by atoms with Gasteiger partial charge in [0.2, 0.25) is 0 Å². The van der Waals surface area contributed by atoms with Crippen LogP contribution in [0.5, 0.6) is 0 Å². The maximum atomic E-state index is 12.0. The Labute approximate surface area is 155 Å². The first-order chi connectivity index (χ1) is 12.7. The molecule has 0 aliphatic carbocycles. The van der Waals surface area contributed by atoms with E-state index >= 15 is 0 Å². The Balaban J connectivity index is 1.79. The molecule has 0 bridgehead atoms. The van der Waals surface area contributed by atoms with Gasteiger partial charge in [-0.2, -0.15) is 0 Å². The van der Waals surface area contributed by atoms with E-state index in [0.717, 1.165) is 37.5 Å². The van der Waals surface area contributed by atoms with Crippen LogP contribution < -0.4 is 16.0 Å². The van der Waals surface area contributed by atoms with Crippen LogP contribution in [-0.4, -0.2) is 25.5 Å². The molecular formula is C21H28N4O. The lowest BCUT2D eigenvalue weighted by Crippen LogP contribution is -2.36. The van der Waals surface area contributed by atoms with Crippen molar-refractivity contribution in [1.82, 2.24) is 16.0 Å². The summed E-state index contributed by atoms with van der Waals surface area (Å²) in [4.78, 5) is 16.2. The molecule has 2 rings (SSSR count). The molecule has 0 aliphatic rings. The zero-order chi connectivity index (χ0) is 18.6. The van der Waals surface area contributed by atoms with Crippen LogP contribution in [0.4, 0.5) is 0 Å². The maximum Gasteiger partial charge on any atom is 0.251 e. The minimum Gasteiger partial charge on any atom is -0.352 e. The molecular weight excluding hydrogens is 324 g/mol. The highest BCUT2D eigenvalue weighted by Crippen LogP contribution is 2.05. The van der Waals surface area contributed by atoms with E-state index in [1.165, 1.54) is 5.56 Å². The van der Waals surface area contributed by atoms with Crippen molar-refractivity contribution in [3.05, 3.63) is 71.3 Å². The van der Waals surface area contributed by atoms with Crippen molar-refractivity contribution in [2.75, 3.05) is 13.6 Å². The summed E-state index contributed by atoms with van der Waals surface area (Å²) in [7, 11) is 1.75. The number of unbranched alkanes of at least 4 members (excludes halogenated alkanes) is 1. The highest BCUT2D eigenvalue weighted by Gasteiger charge is 2.05. The Morgan fingerprint density at radius 1 is 0.885 bits per heavy atom. The van der Waals surface area contributed by atoms with E-state index in [1.807, 2.05) is 42.5 Å². The zero-order valence-electron chi connectivity index (χ0n) is 15.6. The van der Waals surface area contributed by atoms with Crippen LogP contribution in [-0.2, 0) is 13.1 Å². The summed E-state index contributed by atoms with van der Waals surface area (Å²) in [6.45, 7) is 4.20. The predicted molar refractivity (Wildman–Crippen MR) is 107 cm³/mol. The van der Waals surface area contributed by atoms with E-state index in [9.17, 15) is 4.79 Å². The lowest BCUT2D eigenvalue weighted by atomic mass is 10.1. The van der Waals surface area contributed by atoms with E-state index in [4.69, 9.17) is 0 Å². The Morgan fingerprint density at radius 3 is 2.08 bits per heavy atom. The van der Waals surface area contributed by atoms with Crippen LogP contribution in [0, 0.1) is 0 Å². The molecule has 0 spiro atoms. The van der Waals surface area contributed by atoms with Crippen LogP contribution in [0.25, 0.3) is 0 Å². The molecule has 0 radical (unpaired) electrons. The second-order valence-corrected chi connectivity index (χ2v) is 6.07. The Kier molecular flexibility index (Phi) is 8.19. The number of hydrogen-bond donors (Lipinski definition) is 3. The fourth-order valence-electron chi connectivity index (χ4n) is 2.44. The molecule has 5 heteroatoms. The van der Waals surface area contributed by atoms with Gasteiger partial charge in [0.15, 0.2) is 5.96 Å². The molecule has 0 aromatic heterocycles. The molecule has 0 saturated carbocycles. The number of benzene rings is 2. The quantitative estimate of drug-likeness (QED) is 0.389. The van der Waals surface area contributed by atoms with Gasteiger partial charge < -0.3 is 16.0 Å². The molecule has 0 aliphatic heterocycles. The molecule has 5 nitrogen and oxygen atoms in total. The number of carbonyl (C=O) groups excluding carboxylic acids is 1. The van der Waals surface area contributed by atoms with Crippen molar-refractivity contribution in [3.63, 3.8) is 0 Å². The fraction of sp³-hybridized carbons (Fsp3) is 0.333. The normalized spacial score (nSPS) is 11.1. The second-order valence-electron chi connectivity index (χ2n) is 6.07. The van der Waals surface area contributed by atoms with Crippen molar-refractivity contribution >= 4 is 11.9 Å². The highest BCUT2D eigenvalue weighted by molar-refractivity contribution is 5.94. The van der Waals surface area contributed by atoms with Crippen molar-refractivity contribution in [2.45, 2.75) is 32.9 Å². The molecule has 2 aromatic carbocycles.